The van der Waals surface area contributed by atoms with Crippen molar-refractivity contribution in [2.75, 3.05) is 32.7 Å². The van der Waals surface area contributed by atoms with E-state index in [2.05, 4.69) is 15.6 Å². The molecule has 1 saturated carbocycles. The number of ether oxygens (including phenoxy) is 1. The van der Waals surface area contributed by atoms with Crippen molar-refractivity contribution in [1.29, 1.82) is 0 Å². The third-order valence-electron chi connectivity index (χ3n) is 8.72. The Hall–Kier alpha value is -3.13. The Balaban J connectivity index is 1.28. The maximum absolute atomic E-state index is 14.0. The zero-order chi connectivity index (χ0) is 28.0. The molecule has 0 unspecified atom stereocenters. The second-order valence-corrected chi connectivity index (χ2v) is 11.6. The topological polar surface area (TPSA) is 165 Å². The average molecular weight is 557 g/mol. The molecule has 0 radical (unpaired) electrons. The van der Waals surface area contributed by atoms with Crippen molar-refractivity contribution >= 4 is 23.6 Å². The fourth-order valence-electron chi connectivity index (χ4n) is 6.36. The highest BCUT2D eigenvalue weighted by Gasteiger charge is 2.47. The van der Waals surface area contributed by atoms with Crippen molar-refractivity contribution in [2.45, 2.75) is 74.8 Å². The lowest BCUT2D eigenvalue weighted by Crippen LogP contribution is -2.63. The Morgan fingerprint density at radius 3 is 2.52 bits per heavy atom. The van der Waals surface area contributed by atoms with E-state index in [4.69, 9.17) is 4.74 Å². The van der Waals surface area contributed by atoms with Gasteiger partial charge in [0.05, 0.1) is 25.1 Å². The molecular weight excluding hydrogens is 520 g/mol. The van der Waals surface area contributed by atoms with Crippen LogP contribution in [0.15, 0.2) is 24.5 Å². The van der Waals surface area contributed by atoms with E-state index in [1.165, 1.54) is 0 Å². The SMILES string of the molecule is O=C1C[C@@H]2O[C@H](CNC(=O)[C@@H]3CN(CCN3C(=O)C3CC3)C(=O)[C@@H]3C[C@@H](CN3Cc3ccncc3)N1)[C@@H](O)[C@H]2O. The number of likely N-dealkylation sites (tertiary alicyclic amines) is 1. The fraction of sp³-hybridized carbons (Fsp3) is 0.667. The van der Waals surface area contributed by atoms with Crippen LogP contribution in [0.5, 0.6) is 0 Å². The molecule has 5 fully saturated rings. The molecule has 216 valence electrons. The first-order valence-electron chi connectivity index (χ1n) is 14.1. The quantitative estimate of drug-likeness (QED) is 0.318. The van der Waals surface area contributed by atoms with Crippen LogP contribution in [0, 0.1) is 5.92 Å². The Morgan fingerprint density at radius 1 is 1.02 bits per heavy atom. The van der Waals surface area contributed by atoms with Crippen LogP contribution in [0.3, 0.4) is 0 Å². The van der Waals surface area contributed by atoms with Gasteiger partial charge in [0.1, 0.15) is 24.4 Å². The smallest absolute Gasteiger partial charge is 0.244 e. The first kappa shape index (κ1) is 27.1. The molecule has 13 heteroatoms. The summed E-state index contributed by atoms with van der Waals surface area (Å²) in [6.45, 7) is 1.44. The van der Waals surface area contributed by atoms with Crippen LogP contribution in [0.2, 0.25) is 0 Å². The lowest BCUT2D eigenvalue weighted by atomic mass is 10.0. The number of aromatic nitrogens is 1. The number of hydrogen-bond acceptors (Lipinski definition) is 9. The molecule has 4 saturated heterocycles. The predicted molar refractivity (Wildman–Crippen MR) is 138 cm³/mol. The molecule has 4 N–H and O–H groups in total. The molecular formula is C27H36N6O7. The monoisotopic (exact) mass is 556 g/mol. The van der Waals surface area contributed by atoms with E-state index < -0.39 is 42.4 Å². The first-order chi connectivity index (χ1) is 19.3. The molecule has 5 aliphatic rings. The third-order valence-corrected chi connectivity index (χ3v) is 8.72. The molecule has 1 aromatic rings. The molecule has 40 heavy (non-hydrogen) atoms. The van der Waals surface area contributed by atoms with E-state index >= 15 is 0 Å². The van der Waals surface area contributed by atoms with Crippen molar-refractivity contribution in [3.63, 3.8) is 0 Å². The van der Waals surface area contributed by atoms with Gasteiger partial charge in [-0.2, -0.15) is 0 Å². The number of nitrogens with zero attached hydrogens (tertiary/aromatic N) is 4. The molecule has 7 atom stereocenters. The van der Waals surface area contributed by atoms with Gasteiger partial charge in [-0.1, -0.05) is 0 Å². The van der Waals surface area contributed by atoms with Gasteiger partial charge in [-0.25, -0.2) is 0 Å². The summed E-state index contributed by atoms with van der Waals surface area (Å²) in [6, 6.07) is 2.05. The minimum absolute atomic E-state index is 0.0546. The van der Waals surface area contributed by atoms with Gasteiger partial charge in [0.2, 0.25) is 23.6 Å². The van der Waals surface area contributed by atoms with Gasteiger partial charge in [-0.05, 0) is 37.0 Å². The molecule has 4 aliphatic heterocycles. The van der Waals surface area contributed by atoms with E-state index in [0.29, 0.717) is 26.1 Å². The zero-order valence-electron chi connectivity index (χ0n) is 22.2. The van der Waals surface area contributed by atoms with Gasteiger partial charge < -0.3 is 35.4 Å². The first-order valence-corrected chi connectivity index (χ1v) is 14.1. The number of hydrogen-bond donors (Lipinski definition) is 4. The lowest BCUT2D eigenvalue weighted by molar-refractivity contribution is -0.151. The highest BCUT2D eigenvalue weighted by molar-refractivity contribution is 5.91. The molecule has 1 aromatic heterocycles. The maximum Gasteiger partial charge on any atom is 0.244 e. The average Bonchev–Trinajstić information content (AvgIpc) is 3.69. The molecule has 0 aromatic carbocycles. The van der Waals surface area contributed by atoms with Gasteiger partial charge in [0, 0.05) is 57.1 Å². The second kappa shape index (κ2) is 11.0. The highest BCUT2D eigenvalue weighted by atomic mass is 16.5. The van der Waals surface area contributed by atoms with Crippen LogP contribution in [0.1, 0.15) is 31.2 Å². The van der Waals surface area contributed by atoms with E-state index in [1.54, 1.807) is 22.2 Å². The summed E-state index contributed by atoms with van der Waals surface area (Å²) in [6.07, 6.45) is 0.776. The van der Waals surface area contributed by atoms with Gasteiger partial charge in [0.15, 0.2) is 0 Å². The third kappa shape index (κ3) is 5.42. The molecule has 0 spiro atoms. The van der Waals surface area contributed by atoms with Crippen molar-refractivity contribution < 1.29 is 34.1 Å². The number of aliphatic hydroxyl groups is 2. The highest BCUT2D eigenvalue weighted by Crippen LogP contribution is 2.33. The van der Waals surface area contributed by atoms with E-state index in [0.717, 1.165) is 18.4 Å². The van der Waals surface area contributed by atoms with Gasteiger partial charge in [-0.15, -0.1) is 0 Å². The van der Waals surface area contributed by atoms with Crippen LogP contribution in [0.4, 0.5) is 0 Å². The summed E-state index contributed by atoms with van der Waals surface area (Å²) < 4.78 is 5.79. The maximum atomic E-state index is 14.0. The van der Waals surface area contributed by atoms with E-state index in [-0.39, 0.29) is 55.7 Å². The van der Waals surface area contributed by atoms with Crippen LogP contribution >= 0.6 is 0 Å². The van der Waals surface area contributed by atoms with Gasteiger partial charge in [0.25, 0.3) is 0 Å². The Labute approximate surface area is 231 Å². The van der Waals surface area contributed by atoms with Crippen molar-refractivity contribution in [3.05, 3.63) is 30.1 Å². The standard InChI is InChI=1S/C27H36N6O7/c34-22-10-20-23(35)24(36)21(40-20)11-29-25(37)19-14-31(7-8-33(19)26(38)16-1-2-16)27(39)18-9-17(30-22)13-32(18)12-15-3-5-28-6-4-15/h3-6,16-21,23-24,35-36H,1-2,7-14H2,(H,29,37)(H,30,34)/t17-,18-,19-,20-,21+,23-,24+/m0/s1. The predicted octanol–water partition coefficient (Wildman–Crippen LogP) is -2.40. The number of nitrogens with one attached hydrogen (secondary N) is 2. The largest absolute Gasteiger partial charge is 0.388 e. The van der Waals surface area contributed by atoms with E-state index in [9.17, 15) is 29.4 Å². The molecule has 13 nitrogen and oxygen atoms in total. The van der Waals surface area contributed by atoms with Crippen molar-refractivity contribution in [2.24, 2.45) is 5.92 Å². The number of carbonyl (C=O) groups excluding carboxylic acids is 4. The van der Waals surface area contributed by atoms with Crippen LogP contribution in [-0.4, -0.2) is 129 Å². The Morgan fingerprint density at radius 2 is 1.77 bits per heavy atom. The number of amides is 4. The van der Waals surface area contributed by atoms with Crippen molar-refractivity contribution in [3.8, 4) is 0 Å². The fourth-order valence-corrected chi connectivity index (χ4v) is 6.36. The normalized spacial score (nSPS) is 35.5. The summed E-state index contributed by atoms with van der Waals surface area (Å²) in [5.41, 5.74) is 0.977. The minimum atomic E-state index is -1.29. The van der Waals surface area contributed by atoms with Crippen molar-refractivity contribution in [1.82, 2.24) is 30.3 Å². The number of piperazine rings is 1. The van der Waals surface area contributed by atoms with Gasteiger partial charge in [-0.3, -0.25) is 29.1 Å². The van der Waals surface area contributed by atoms with E-state index in [1.807, 2.05) is 17.0 Å². The molecule has 6 bridgehead atoms. The number of pyridine rings is 1. The molecule has 6 rings (SSSR count). The minimum Gasteiger partial charge on any atom is -0.388 e. The Bertz CT molecular complexity index is 1150. The molecule has 1 aliphatic carbocycles. The number of aliphatic hydroxyl groups excluding tert-OH is 2. The summed E-state index contributed by atoms with van der Waals surface area (Å²) >= 11 is 0. The Kier molecular flexibility index (Phi) is 7.46. The lowest BCUT2D eigenvalue weighted by Gasteiger charge is -2.42. The summed E-state index contributed by atoms with van der Waals surface area (Å²) in [5.74, 6) is -1.08. The van der Waals surface area contributed by atoms with Gasteiger partial charge >= 0.3 is 0 Å². The summed E-state index contributed by atoms with van der Waals surface area (Å²) in [7, 11) is 0. The second-order valence-electron chi connectivity index (χ2n) is 11.6. The number of fused-ring (bicyclic) bond motifs is 6. The van der Waals surface area contributed by atoms with Crippen LogP contribution in [-0.2, 0) is 30.5 Å². The zero-order valence-corrected chi connectivity index (χ0v) is 22.2. The number of carbonyl (C=O) groups is 4. The summed E-state index contributed by atoms with van der Waals surface area (Å²) in [5, 5.41) is 26.8. The van der Waals surface area contributed by atoms with Crippen LogP contribution in [0.25, 0.3) is 0 Å². The van der Waals surface area contributed by atoms with Crippen LogP contribution < -0.4 is 10.6 Å². The summed E-state index contributed by atoms with van der Waals surface area (Å²) in [4.78, 5) is 62.7. The number of rotatable bonds is 3. The molecule has 5 heterocycles. The molecule has 4 amide bonds.